The minimum absolute atomic E-state index is 0.0745. The predicted molar refractivity (Wildman–Crippen MR) is 130 cm³/mol. The molecule has 2 saturated heterocycles. The summed E-state index contributed by atoms with van der Waals surface area (Å²) in [6.07, 6.45) is 9.06. The molecule has 2 bridgehead atoms. The molecule has 7 nitrogen and oxygen atoms in total. The van der Waals surface area contributed by atoms with E-state index in [9.17, 15) is 9.90 Å². The van der Waals surface area contributed by atoms with Crippen molar-refractivity contribution in [3.05, 3.63) is 59.0 Å². The monoisotopic (exact) mass is 463 g/mol. The number of aromatic amines is 1. The van der Waals surface area contributed by atoms with Gasteiger partial charge in [0.15, 0.2) is 0 Å². The Kier molecular flexibility index (Phi) is 6.08. The summed E-state index contributed by atoms with van der Waals surface area (Å²) in [5, 5.41) is 10.6. The number of methoxy groups -OCH3 is 1. The molecule has 5 rings (SSSR count). The molecule has 0 spiro atoms. The van der Waals surface area contributed by atoms with E-state index in [4.69, 9.17) is 9.47 Å². The maximum Gasteiger partial charge on any atom is 0.354 e. The van der Waals surface area contributed by atoms with Crippen LogP contribution in [0.15, 0.2) is 36.7 Å². The molecule has 180 valence electrons. The van der Waals surface area contributed by atoms with Crippen molar-refractivity contribution in [1.82, 2.24) is 14.9 Å². The molecular weight excluding hydrogens is 430 g/mol. The van der Waals surface area contributed by atoms with Crippen molar-refractivity contribution in [3.8, 4) is 5.75 Å². The van der Waals surface area contributed by atoms with Crippen LogP contribution >= 0.6 is 0 Å². The summed E-state index contributed by atoms with van der Waals surface area (Å²) < 4.78 is 12.0. The molecule has 1 aromatic carbocycles. The number of hydrogen-bond donors (Lipinski definition) is 2. The number of ether oxygens (including phenoxy) is 2. The highest BCUT2D eigenvalue weighted by molar-refractivity contribution is 5.88. The van der Waals surface area contributed by atoms with Crippen molar-refractivity contribution in [2.45, 2.75) is 70.2 Å². The minimum Gasteiger partial charge on any atom is -0.496 e. The quantitative estimate of drug-likeness (QED) is 0.511. The summed E-state index contributed by atoms with van der Waals surface area (Å²) in [6.45, 7) is 5.60. The van der Waals surface area contributed by atoms with Crippen LogP contribution in [0, 0.1) is 6.92 Å². The molecule has 1 unspecified atom stereocenters. The fourth-order valence-corrected chi connectivity index (χ4v) is 6.33. The van der Waals surface area contributed by atoms with Crippen molar-refractivity contribution < 1.29 is 19.4 Å². The first-order chi connectivity index (χ1) is 16.5. The van der Waals surface area contributed by atoms with Gasteiger partial charge in [0, 0.05) is 48.1 Å². The molecule has 34 heavy (non-hydrogen) atoms. The third-order valence-corrected chi connectivity index (χ3v) is 7.80. The first-order valence-corrected chi connectivity index (χ1v) is 12.2. The highest BCUT2D eigenvalue weighted by atomic mass is 16.5. The van der Waals surface area contributed by atoms with Gasteiger partial charge in [-0.1, -0.05) is 6.07 Å². The Morgan fingerprint density at radius 1 is 1.35 bits per heavy atom. The van der Waals surface area contributed by atoms with E-state index >= 15 is 0 Å². The number of hydrogen-bond acceptors (Lipinski definition) is 5. The molecule has 0 radical (unpaired) electrons. The van der Waals surface area contributed by atoms with Gasteiger partial charge in [0.05, 0.1) is 18.8 Å². The number of pyridine rings is 1. The molecule has 7 heteroatoms. The van der Waals surface area contributed by atoms with Crippen molar-refractivity contribution in [1.29, 1.82) is 0 Å². The molecule has 2 aliphatic rings. The number of rotatable bonds is 7. The molecule has 2 aliphatic heterocycles. The Bertz CT molecular complexity index is 1190. The number of piperidine rings is 2. The Labute approximate surface area is 200 Å². The number of nitrogens with zero attached hydrogens (tertiary/aromatic N) is 2. The van der Waals surface area contributed by atoms with Crippen molar-refractivity contribution in [2.24, 2.45) is 0 Å². The summed E-state index contributed by atoms with van der Waals surface area (Å²) in [6, 6.07) is 8.22. The topological polar surface area (TPSA) is 87.7 Å². The Hall–Kier alpha value is -2.90. The molecule has 2 aromatic heterocycles. The standard InChI is InChI=1S/C27H33N3O4/c1-4-34-20-13-19-6-5-10-27(14-20,18-7-8-23(26(31)32)29-15-18)30(19)16-22-21-9-11-28-25(21)17(2)12-24(22)33-3/h7-9,11-12,15,19-20,28H,4-6,10,13-14,16H2,1-3H3,(H,31,32)/t19-,20-,27?/m1/s1. The van der Waals surface area contributed by atoms with E-state index < -0.39 is 5.97 Å². The zero-order valence-electron chi connectivity index (χ0n) is 20.1. The van der Waals surface area contributed by atoms with Gasteiger partial charge in [-0.3, -0.25) is 4.90 Å². The van der Waals surface area contributed by atoms with Gasteiger partial charge in [0.25, 0.3) is 0 Å². The van der Waals surface area contributed by atoms with Gasteiger partial charge in [-0.2, -0.15) is 0 Å². The van der Waals surface area contributed by atoms with Gasteiger partial charge in [-0.15, -0.1) is 0 Å². The number of H-pyrrole nitrogens is 1. The molecule has 4 heterocycles. The normalized spacial score (nSPS) is 24.9. The van der Waals surface area contributed by atoms with Crippen LogP contribution in [0.5, 0.6) is 5.75 Å². The smallest absolute Gasteiger partial charge is 0.354 e. The lowest BCUT2D eigenvalue weighted by molar-refractivity contribution is -0.115. The first kappa shape index (κ1) is 22.9. The second-order valence-electron chi connectivity index (χ2n) is 9.60. The van der Waals surface area contributed by atoms with Gasteiger partial charge in [0.1, 0.15) is 11.4 Å². The van der Waals surface area contributed by atoms with E-state index in [1.807, 2.05) is 12.3 Å². The Morgan fingerprint density at radius 3 is 2.91 bits per heavy atom. The summed E-state index contributed by atoms with van der Waals surface area (Å²) in [7, 11) is 1.74. The number of benzene rings is 1. The fourth-order valence-electron chi connectivity index (χ4n) is 6.33. The lowest BCUT2D eigenvalue weighted by Gasteiger charge is -2.57. The van der Waals surface area contributed by atoms with Crippen LogP contribution in [-0.2, 0) is 16.8 Å². The van der Waals surface area contributed by atoms with Gasteiger partial charge >= 0.3 is 5.97 Å². The highest BCUT2D eigenvalue weighted by Gasteiger charge is 2.50. The molecule has 3 atom stereocenters. The summed E-state index contributed by atoms with van der Waals surface area (Å²) in [5.41, 5.74) is 4.38. The van der Waals surface area contributed by atoms with Crippen LogP contribution in [0.25, 0.3) is 10.9 Å². The van der Waals surface area contributed by atoms with Crippen LogP contribution < -0.4 is 4.74 Å². The van der Waals surface area contributed by atoms with Crippen LogP contribution in [0.2, 0.25) is 0 Å². The van der Waals surface area contributed by atoms with Crippen LogP contribution in [0.1, 0.15) is 66.2 Å². The average Bonchev–Trinajstić information content (AvgIpc) is 3.32. The van der Waals surface area contributed by atoms with Crippen LogP contribution in [0.4, 0.5) is 0 Å². The average molecular weight is 464 g/mol. The van der Waals surface area contributed by atoms with E-state index in [0.29, 0.717) is 12.6 Å². The summed E-state index contributed by atoms with van der Waals surface area (Å²) >= 11 is 0. The second-order valence-corrected chi connectivity index (χ2v) is 9.60. The highest BCUT2D eigenvalue weighted by Crippen LogP contribution is 2.50. The number of aromatic carboxylic acids is 1. The Balaban J connectivity index is 1.61. The largest absolute Gasteiger partial charge is 0.496 e. The zero-order chi connectivity index (χ0) is 23.9. The van der Waals surface area contributed by atoms with E-state index in [0.717, 1.165) is 55.5 Å². The molecule has 3 aromatic rings. The number of fused-ring (bicyclic) bond motifs is 3. The summed E-state index contributed by atoms with van der Waals surface area (Å²) in [5.74, 6) is -0.0957. The molecule has 0 aliphatic carbocycles. The zero-order valence-corrected chi connectivity index (χ0v) is 20.1. The lowest BCUT2D eigenvalue weighted by Crippen LogP contribution is -2.60. The molecule has 2 N–H and O–H groups in total. The number of carboxylic acid groups (broad SMARTS) is 1. The van der Waals surface area contributed by atoms with Crippen molar-refractivity contribution in [3.63, 3.8) is 0 Å². The molecule has 0 amide bonds. The van der Waals surface area contributed by atoms with Gasteiger partial charge in [0.2, 0.25) is 0 Å². The maximum absolute atomic E-state index is 11.4. The molecular formula is C27H33N3O4. The molecule has 0 saturated carbocycles. The first-order valence-electron chi connectivity index (χ1n) is 12.2. The van der Waals surface area contributed by atoms with Gasteiger partial charge in [-0.05, 0) is 75.3 Å². The SMILES string of the molecule is CCO[C@@H]1C[C@H]2CCCC(c3ccc(C(=O)O)nc3)(C1)N2Cc1c(OC)cc(C)c2[nH]ccc12. The van der Waals surface area contributed by atoms with Gasteiger partial charge < -0.3 is 19.6 Å². The maximum atomic E-state index is 11.4. The third-order valence-electron chi connectivity index (χ3n) is 7.80. The third kappa shape index (κ3) is 3.77. The predicted octanol–water partition coefficient (Wildman–Crippen LogP) is 5.03. The van der Waals surface area contributed by atoms with Gasteiger partial charge in [-0.25, -0.2) is 9.78 Å². The van der Waals surface area contributed by atoms with Crippen molar-refractivity contribution >= 4 is 16.9 Å². The number of nitrogens with one attached hydrogen (secondary N) is 1. The number of carbonyl (C=O) groups is 1. The van der Waals surface area contributed by atoms with E-state index in [1.54, 1.807) is 19.4 Å². The number of aryl methyl sites for hydroxylation is 1. The fraction of sp³-hybridized carbons (Fsp3) is 0.481. The summed E-state index contributed by atoms with van der Waals surface area (Å²) in [4.78, 5) is 21.7. The number of aromatic nitrogens is 2. The van der Waals surface area contributed by atoms with Crippen LogP contribution in [-0.4, -0.2) is 51.8 Å². The minimum atomic E-state index is -1.00. The van der Waals surface area contributed by atoms with Crippen molar-refractivity contribution in [2.75, 3.05) is 13.7 Å². The van der Waals surface area contributed by atoms with Crippen LogP contribution in [0.3, 0.4) is 0 Å². The van der Waals surface area contributed by atoms with E-state index in [1.165, 1.54) is 16.5 Å². The van der Waals surface area contributed by atoms with E-state index in [2.05, 4.69) is 40.8 Å². The number of carboxylic acids is 1. The lowest BCUT2D eigenvalue weighted by atomic mass is 9.69. The second kappa shape index (κ2) is 9.04. The Morgan fingerprint density at radius 2 is 2.21 bits per heavy atom. The molecule has 2 fully saturated rings. The van der Waals surface area contributed by atoms with E-state index in [-0.39, 0.29) is 17.3 Å².